The zero-order valence-electron chi connectivity index (χ0n) is 20.2. The summed E-state index contributed by atoms with van der Waals surface area (Å²) in [4.78, 5) is 0. The van der Waals surface area contributed by atoms with E-state index in [0.717, 1.165) is 0 Å². The lowest BCUT2D eigenvalue weighted by molar-refractivity contribution is 0.234. The first-order valence-corrected chi connectivity index (χ1v) is 26.6. The van der Waals surface area contributed by atoms with Crippen molar-refractivity contribution in [3.8, 4) is 12.1 Å². The molecule has 1 saturated heterocycles. The monoisotopic (exact) mass is 522 g/mol. The van der Waals surface area contributed by atoms with Gasteiger partial charge in [0, 0.05) is 24.9 Å². The fourth-order valence-corrected chi connectivity index (χ4v) is 36.4. The predicted molar refractivity (Wildman–Crippen MR) is 130 cm³/mol. The number of rotatable bonds is 4. The van der Waals surface area contributed by atoms with Crippen molar-refractivity contribution < 1.29 is 24.7 Å². The van der Waals surface area contributed by atoms with Crippen LogP contribution in [0.1, 0.15) is 12.8 Å². The Hall–Kier alpha value is 0.0413. The van der Waals surface area contributed by atoms with Crippen LogP contribution in [0.25, 0.3) is 0 Å². The van der Waals surface area contributed by atoms with Gasteiger partial charge in [-0.3, -0.25) is 0 Å². The topological polar surface area (TPSA) is 103 Å². The predicted octanol–water partition coefficient (Wildman–Crippen LogP) is 4.88. The average molecular weight is 523 g/mol. The third-order valence-electron chi connectivity index (χ3n) is 4.21. The van der Waals surface area contributed by atoms with Crippen LogP contribution < -0.4 is 0 Å². The number of nitrogens with zero attached hydrogens (tertiary/aromatic N) is 2. The van der Waals surface area contributed by atoms with Crippen molar-refractivity contribution in [3.05, 3.63) is 0 Å². The summed E-state index contributed by atoms with van der Waals surface area (Å²) in [5, 5.41) is 18.4. The van der Waals surface area contributed by atoms with E-state index in [-0.39, 0.29) is 0 Å². The maximum absolute atomic E-state index is 9.20. The molecule has 0 aliphatic carbocycles. The highest BCUT2D eigenvalue weighted by Crippen LogP contribution is 2.34. The third-order valence-corrected chi connectivity index (χ3v) is 29.2. The standard InChI is InChI=1S/C16H38N2O6Si6/c1-25(2)19-26(3,4)21-28(7,8)23-30(10,16-12-14-18)24-29(9,15-11-13-17)22-27(5,6)20-25/h11-12,15-16H2,1-10H3. The summed E-state index contributed by atoms with van der Waals surface area (Å²) >= 11 is 0. The molecule has 0 N–H and O–H groups in total. The summed E-state index contributed by atoms with van der Waals surface area (Å²) in [7, 11) is -16.0. The minimum absolute atomic E-state index is 0.338. The molecule has 2 unspecified atom stereocenters. The molecule has 0 aromatic rings. The van der Waals surface area contributed by atoms with Gasteiger partial charge in [-0.25, -0.2) is 0 Å². The molecule has 1 rings (SSSR count). The van der Waals surface area contributed by atoms with Gasteiger partial charge in [0.05, 0.1) is 12.1 Å². The molecule has 0 aromatic heterocycles. The highest BCUT2D eigenvalue weighted by molar-refractivity contribution is 6.93. The molecule has 0 aromatic carbocycles. The number of hydrogen-bond acceptors (Lipinski definition) is 8. The van der Waals surface area contributed by atoms with E-state index >= 15 is 0 Å². The van der Waals surface area contributed by atoms with E-state index in [1.807, 2.05) is 65.5 Å². The van der Waals surface area contributed by atoms with Gasteiger partial charge in [0.1, 0.15) is 0 Å². The van der Waals surface area contributed by atoms with Crippen LogP contribution in [0, 0.1) is 22.7 Å². The fourth-order valence-electron chi connectivity index (χ4n) is 4.17. The lowest BCUT2D eigenvalue weighted by Gasteiger charge is -2.47. The minimum atomic E-state index is -2.83. The first-order chi connectivity index (χ1) is 13.4. The van der Waals surface area contributed by atoms with E-state index in [1.54, 1.807) is 0 Å². The van der Waals surface area contributed by atoms with Gasteiger partial charge in [0.15, 0.2) is 0 Å². The second-order valence-corrected chi connectivity index (χ2v) is 31.4. The van der Waals surface area contributed by atoms with Gasteiger partial charge < -0.3 is 24.7 Å². The van der Waals surface area contributed by atoms with Crippen molar-refractivity contribution in [2.75, 3.05) is 0 Å². The molecule has 0 amide bonds. The van der Waals surface area contributed by atoms with Crippen molar-refractivity contribution in [1.29, 1.82) is 10.5 Å². The first-order valence-electron chi connectivity index (χ1n) is 10.3. The van der Waals surface area contributed by atoms with Gasteiger partial charge in [-0.15, -0.1) is 0 Å². The average Bonchev–Trinajstić information content (AvgIpc) is 2.44. The molecule has 1 heterocycles. The maximum atomic E-state index is 9.20. The van der Waals surface area contributed by atoms with Crippen LogP contribution in [-0.2, 0) is 24.7 Å². The van der Waals surface area contributed by atoms with Crippen LogP contribution in [0.4, 0.5) is 0 Å². The van der Waals surface area contributed by atoms with Gasteiger partial charge in [-0.05, 0) is 65.5 Å². The van der Waals surface area contributed by atoms with E-state index in [9.17, 15) is 10.5 Å². The number of hydrogen-bond donors (Lipinski definition) is 0. The Labute approximate surface area is 188 Å². The Morgan fingerprint density at radius 2 is 0.733 bits per heavy atom. The lowest BCUT2D eigenvalue weighted by Crippen LogP contribution is -2.65. The molecule has 0 radical (unpaired) electrons. The van der Waals surface area contributed by atoms with E-state index in [1.165, 1.54) is 0 Å². The van der Waals surface area contributed by atoms with Gasteiger partial charge >= 0.3 is 51.4 Å². The normalized spacial score (nSPS) is 33.3. The van der Waals surface area contributed by atoms with Crippen molar-refractivity contribution in [1.82, 2.24) is 0 Å². The zero-order valence-corrected chi connectivity index (χ0v) is 26.2. The maximum Gasteiger partial charge on any atom is 0.318 e. The summed E-state index contributed by atoms with van der Waals surface area (Å²) in [6.07, 6.45) is 0.676. The Balaban J connectivity index is 3.46. The molecule has 0 saturated carbocycles. The van der Waals surface area contributed by atoms with Gasteiger partial charge in [0.25, 0.3) is 0 Å². The van der Waals surface area contributed by atoms with Crippen molar-refractivity contribution in [3.63, 3.8) is 0 Å². The van der Waals surface area contributed by atoms with Crippen LogP contribution in [0.15, 0.2) is 0 Å². The highest BCUT2D eigenvalue weighted by atomic mass is 28.5. The summed E-state index contributed by atoms with van der Waals surface area (Å²) in [6.45, 7) is 20.0. The van der Waals surface area contributed by atoms with Crippen molar-refractivity contribution in [2.45, 2.75) is 90.4 Å². The molecule has 172 valence electrons. The second kappa shape index (κ2) is 9.89. The third kappa shape index (κ3) is 9.67. The Kier molecular flexibility index (Phi) is 9.26. The smallest absolute Gasteiger partial charge is 0.318 e. The van der Waals surface area contributed by atoms with E-state index < -0.39 is 51.4 Å². The van der Waals surface area contributed by atoms with Gasteiger partial charge in [0.2, 0.25) is 0 Å². The second-order valence-electron chi connectivity index (χ2n) is 9.80. The summed E-state index contributed by atoms with van der Waals surface area (Å²) in [6, 6.07) is 5.47. The lowest BCUT2D eigenvalue weighted by atomic mass is 10.6. The van der Waals surface area contributed by atoms with Crippen LogP contribution in [0.2, 0.25) is 77.6 Å². The molecule has 0 bridgehead atoms. The highest BCUT2D eigenvalue weighted by Gasteiger charge is 2.53. The van der Waals surface area contributed by atoms with Crippen molar-refractivity contribution >= 4 is 51.4 Å². The van der Waals surface area contributed by atoms with Crippen LogP contribution in [0.3, 0.4) is 0 Å². The van der Waals surface area contributed by atoms with Gasteiger partial charge in [-0.1, -0.05) is 0 Å². The molecule has 1 aliphatic rings. The Morgan fingerprint density at radius 3 is 1.00 bits per heavy atom. The SMILES string of the molecule is C[Si]1(C)O[Si](C)(C)O[Si](C)(C)O[Si](C)(CCC#N)O[Si](C)(CCC#N)O[Si](C)(C)O1. The van der Waals surface area contributed by atoms with Gasteiger partial charge in [-0.2, -0.15) is 10.5 Å². The quantitative estimate of drug-likeness (QED) is 0.481. The first kappa shape index (κ1) is 28.1. The van der Waals surface area contributed by atoms with E-state index in [4.69, 9.17) is 24.7 Å². The molecule has 1 fully saturated rings. The molecule has 1 aliphatic heterocycles. The molecule has 30 heavy (non-hydrogen) atoms. The molecule has 14 heteroatoms. The van der Waals surface area contributed by atoms with Crippen LogP contribution in [0.5, 0.6) is 0 Å². The van der Waals surface area contributed by atoms with Crippen LogP contribution >= 0.6 is 0 Å². The van der Waals surface area contributed by atoms with E-state index in [2.05, 4.69) is 12.1 Å². The molecule has 2 atom stereocenters. The van der Waals surface area contributed by atoms with E-state index in [0.29, 0.717) is 24.9 Å². The van der Waals surface area contributed by atoms with Crippen LogP contribution in [-0.4, -0.2) is 51.4 Å². The molecular formula is C16H38N2O6Si6. The zero-order chi connectivity index (χ0) is 23.5. The summed E-state index contributed by atoms with van der Waals surface area (Å²) < 4.78 is 39.6. The minimum Gasteiger partial charge on any atom is -0.416 e. The molecule has 8 nitrogen and oxygen atoms in total. The molecular weight excluding hydrogens is 485 g/mol. The summed E-state index contributed by atoms with van der Waals surface area (Å²) in [5.41, 5.74) is 0. The Bertz CT molecular complexity index is 639. The number of nitriles is 2. The summed E-state index contributed by atoms with van der Waals surface area (Å²) in [5.74, 6) is 0. The largest absolute Gasteiger partial charge is 0.416 e. The fraction of sp³-hybridized carbons (Fsp3) is 0.875. The van der Waals surface area contributed by atoms with Crippen molar-refractivity contribution in [2.24, 2.45) is 0 Å². The molecule has 0 spiro atoms. The Morgan fingerprint density at radius 1 is 0.467 bits per heavy atom.